The summed E-state index contributed by atoms with van der Waals surface area (Å²) in [7, 11) is 0. The number of nitrogens with zero attached hydrogens (tertiary/aromatic N) is 2. The normalized spacial score (nSPS) is 14.4. The van der Waals surface area contributed by atoms with Crippen molar-refractivity contribution in [2.24, 2.45) is 0 Å². The van der Waals surface area contributed by atoms with E-state index in [0.29, 0.717) is 0 Å². The number of aromatic nitrogens is 2. The van der Waals surface area contributed by atoms with Crippen molar-refractivity contribution in [3.05, 3.63) is 168 Å². The molecular weight excluding hydrogens is 616 g/mol. The zero-order valence-electron chi connectivity index (χ0n) is 27.2. The minimum atomic E-state index is 0.0538. The zero-order chi connectivity index (χ0) is 32.8. The van der Waals surface area contributed by atoms with Crippen LogP contribution in [0.4, 0.5) is 0 Å². The molecule has 49 heavy (non-hydrogen) atoms. The third-order valence-electron chi connectivity index (χ3n) is 10.6. The Morgan fingerprint density at radius 3 is 1.31 bits per heavy atom. The van der Waals surface area contributed by atoms with E-state index in [1.807, 2.05) is 24.3 Å². The van der Waals surface area contributed by atoms with E-state index in [4.69, 9.17) is 21.6 Å². The maximum Gasteiger partial charge on any atom is 0.0973 e. The van der Waals surface area contributed by atoms with Crippen LogP contribution in [0, 0.1) is 0 Å². The molecule has 0 bridgehead atoms. The molecule has 1 fully saturated rings. The summed E-state index contributed by atoms with van der Waals surface area (Å²) in [5.74, 6) is 0. The molecule has 236 valence electrons. The van der Waals surface area contributed by atoms with Gasteiger partial charge in [0.25, 0.3) is 0 Å². The zero-order valence-corrected chi connectivity index (χ0v) is 28.0. The summed E-state index contributed by atoms with van der Waals surface area (Å²) in [5, 5.41) is 0.831. The van der Waals surface area contributed by atoms with E-state index >= 15 is 0 Å². The Hall–Kier alpha value is -5.31. The number of fused-ring (bicyclic) bond motifs is 5. The maximum absolute atomic E-state index is 6.59. The predicted molar refractivity (Wildman–Crippen MR) is 204 cm³/mol. The summed E-state index contributed by atoms with van der Waals surface area (Å²) in [5.41, 5.74) is 15.8. The second kappa shape index (κ2) is 12.3. The predicted octanol–water partition coefficient (Wildman–Crippen LogP) is 12.7. The third-order valence-corrected chi connectivity index (χ3v) is 10.8. The standard InChI is InChI=1S/C46H35ClN2/c47-37-24-26-39-38-25-23-36(29-40(38)46(41(39)30-37)27-11-4-12-28-46)31-19-21-35(22-20-31)45-44(34-17-9-3-10-18-34)48-42(32-13-5-1-6-14-32)43(49-45)33-15-7-2-8-16-33/h1-3,5-10,13-26,29-30H,4,11-12,27-28H2. The van der Waals surface area contributed by atoms with Crippen LogP contribution >= 0.6 is 11.6 Å². The first-order chi connectivity index (χ1) is 24.2. The Labute approximate surface area is 293 Å². The fourth-order valence-electron chi connectivity index (χ4n) is 8.19. The van der Waals surface area contributed by atoms with Crippen LogP contribution in [-0.4, -0.2) is 9.97 Å². The lowest BCUT2D eigenvalue weighted by atomic mass is 9.67. The van der Waals surface area contributed by atoms with Gasteiger partial charge in [0.15, 0.2) is 0 Å². The minimum absolute atomic E-state index is 0.0538. The monoisotopic (exact) mass is 650 g/mol. The van der Waals surface area contributed by atoms with Gasteiger partial charge in [0.1, 0.15) is 0 Å². The molecule has 1 spiro atoms. The second-order valence-corrected chi connectivity index (χ2v) is 13.8. The van der Waals surface area contributed by atoms with E-state index in [9.17, 15) is 0 Å². The van der Waals surface area contributed by atoms with Crippen molar-refractivity contribution >= 4 is 11.6 Å². The van der Waals surface area contributed by atoms with Crippen LogP contribution in [0.2, 0.25) is 5.02 Å². The van der Waals surface area contributed by atoms with Gasteiger partial charge in [-0.05, 0) is 64.4 Å². The summed E-state index contributed by atoms with van der Waals surface area (Å²) in [6, 6.07) is 53.7. The van der Waals surface area contributed by atoms with Crippen LogP contribution in [0.1, 0.15) is 43.2 Å². The van der Waals surface area contributed by atoms with Crippen LogP contribution in [0.5, 0.6) is 0 Å². The average molecular weight is 651 g/mol. The van der Waals surface area contributed by atoms with Crippen molar-refractivity contribution in [1.29, 1.82) is 0 Å². The highest BCUT2D eigenvalue weighted by atomic mass is 35.5. The van der Waals surface area contributed by atoms with E-state index in [1.165, 1.54) is 65.5 Å². The molecule has 7 aromatic rings. The van der Waals surface area contributed by atoms with Crippen LogP contribution in [0.3, 0.4) is 0 Å². The molecule has 2 aliphatic carbocycles. The van der Waals surface area contributed by atoms with Crippen molar-refractivity contribution in [2.45, 2.75) is 37.5 Å². The second-order valence-electron chi connectivity index (χ2n) is 13.4. The van der Waals surface area contributed by atoms with E-state index in [1.54, 1.807) is 0 Å². The molecule has 1 aromatic heterocycles. The SMILES string of the molecule is Clc1ccc2c(c1)C1(CCCCC1)c1cc(-c3ccc(-c4nc(-c5ccccc5)c(-c5ccccc5)nc4-c4ccccc4)cc3)ccc1-2. The van der Waals surface area contributed by atoms with Crippen molar-refractivity contribution in [1.82, 2.24) is 9.97 Å². The molecule has 0 amide bonds. The lowest BCUT2D eigenvalue weighted by Gasteiger charge is -2.36. The first-order valence-corrected chi connectivity index (χ1v) is 17.7. The summed E-state index contributed by atoms with van der Waals surface area (Å²) in [6.45, 7) is 0. The molecule has 0 radical (unpaired) electrons. The Kier molecular flexibility index (Phi) is 7.48. The smallest absolute Gasteiger partial charge is 0.0973 e. The molecule has 1 saturated carbocycles. The van der Waals surface area contributed by atoms with Crippen LogP contribution in [-0.2, 0) is 5.41 Å². The molecule has 0 saturated heterocycles. The number of benzene rings is 6. The van der Waals surface area contributed by atoms with Crippen LogP contribution in [0.25, 0.3) is 67.3 Å². The molecule has 0 aliphatic heterocycles. The van der Waals surface area contributed by atoms with E-state index < -0.39 is 0 Å². The molecule has 2 aliphatic rings. The molecule has 0 atom stereocenters. The number of hydrogen-bond donors (Lipinski definition) is 0. The number of hydrogen-bond acceptors (Lipinski definition) is 2. The van der Waals surface area contributed by atoms with Gasteiger partial charge in [-0.1, -0.05) is 164 Å². The Balaban J connectivity index is 1.17. The van der Waals surface area contributed by atoms with Gasteiger partial charge in [-0.15, -0.1) is 0 Å². The van der Waals surface area contributed by atoms with Crippen LogP contribution < -0.4 is 0 Å². The maximum atomic E-state index is 6.59. The first kappa shape index (κ1) is 29.8. The Morgan fingerprint density at radius 2 is 0.796 bits per heavy atom. The Bertz CT molecular complexity index is 2290. The number of rotatable bonds is 5. The summed E-state index contributed by atoms with van der Waals surface area (Å²) < 4.78 is 0. The van der Waals surface area contributed by atoms with Gasteiger partial charge in [-0.3, -0.25) is 0 Å². The summed E-state index contributed by atoms with van der Waals surface area (Å²) >= 11 is 6.59. The van der Waals surface area contributed by atoms with Gasteiger partial charge in [0.05, 0.1) is 22.8 Å². The van der Waals surface area contributed by atoms with E-state index in [2.05, 4.69) is 127 Å². The van der Waals surface area contributed by atoms with Gasteiger partial charge < -0.3 is 0 Å². The lowest BCUT2D eigenvalue weighted by Crippen LogP contribution is -2.28. The highest BCUT2D eigenvalue weighted by molar-refractivity contribution is 6.30. The summed E-state index contributed by atoms with van der Waals surface area (Å²) in [4.78, 5) is 10.8. The molecule has 1 heterocycles. The summed E-state index contributed by atoms with van der Waals surface area (Å²) in [6.07, 6.45) is 6.17. The van der Waals surface area contributed by atoms with E-state index in [-0.39, 0.29) is 5.41 Å². The van der Waals surface area contributed by atoms with Gasteiger partial charge in [0, 0.05) is 32.7 Å². The molecule has 0 N–H and O–H groups in total. The highest BCUT2D eigenvalue weighted by Gasteiger charge is 2.44. The van der Waals surface area contributed by atoms with Gasteiger partial charge >= 0.3 is 0 Å². The molecular formula is C46H35ClN2. The van der Waals surface area contributed by atoms with Gasteiger partial charge in [-0.2, -0.15) is 0 Å². The van der Waals surface area contributed by atoms with Crippen molar-refractivity contribution in [3.63, 3.8) is 0 Å². The van der Waals surface area contributed by atoms with Crippen molar-refractivity contribution in [3.8, 4) is 67.3 Å². The Morgan fingerprint density at radius 1 is 0.388 bits per heavy atom. The van der Waals surface area contributed by atoms with Crippen molar-refractivity contribution in [2.75, 3.05) is 0 Å². The first-order valence-electron chi connectivity index (χ1n) is 17.3. The third kappa shape index (κ3) is 5.19. The van der Waals surface area contributed by atoms with Gasteiger partial charge in [0.2, 0.25) is 0 Å². The minimum Gasteiger partial charge on any atom is -0.243 e. The fraction of sp³-hybridized carbons (Fsp3) is 0.130. The van der Waals surface area contributed by atoms with Gasteiger partial charge in [-0.25, -0.2) is 9.97 Å². The average Bonchev–Trinajstić information content (AvgIpc) is 3.42. The van der Waals surface area contributed by atoms with Crippen molar-refractivity contribution < 1.29 is 0 Å². The molecule has 2 nitrogen and oxygen atoms in total. The topological polar surface area (TPSA) is 25.8 Å². The number of halogens is 1. The molecule has 6 aromatic carbocycles. The molecule has 3 heteroatoms. The molecule has 0 unspecified atom stereocenters. The fourth-order valence-corrected chi connectivity index (χ4v) is 8.36. The molecule has 9 rings (SSSR count). The lowest BCUT2D eigenvalue weighted by molar-refractivity contribution is 0.353. The van der Waals surface area contributed by atoms with Crippen LogP contribution in [0.15, 0.2) is 152 Å². The largest absolute Gasteiger partial charge is 0.243 e. The quantitative estimate of drug-likeness (QED) is 0.185. The van der Waals surface area contributed by atoms with E-state index in [0.717, 1.165) is 50.1 Å². The highest BCUT2D eigenvalue weighted by Crippen LogP contribution is 2.56.